The van der Waals surface area contributed by atoms with E-state index in [-0.39, 0.29) is 5.84 Å². The zero-order valence-corrected chi connectivity index (χ0v) is 11.7. The van der Waals surface area contributed by atoms with Crippen LogP contribution in [0.15, 0.2) is 29.4 Å². The molecule has 0 aliphatic carbocycles. The Labute approximate surface area is 114 Å². The van der Waals surface area contributed by atoms with Gasteiger partial charge < -0.3 is 10.9 Å². The molecule has 0 spiro atoms. The first-order valence-electron chi connectivity index (χ1n) is 6.89. The van der Waals surface area contributed by atoms with Gasteiger partial charge in [0.05, 0.1) is 0 Å². The number of hydrogen-bond donors (Lipinski definition) is 2. The number of nitrogens with zero attached hydrogens (tertiary/aromatic N) is 2. The van der Waals surface area contributed by atoms with Gasteiger partial charge in [0.15, 0.2) is 5.84 Å². The summed E-state index contributed by atoms with van der Waals surface area (Å²) in [5.41, 5.74) is 7.61. The summed E-state index contributed by atoms with van der Waals surface area (Å²) in [7, 11) is 0. The minimum atomic E-state index is 0.169. The Morgan fingerprint density at radius 3 is 2.89 bits per heavy atom. The Morgan fingerprint density at radius 2 is 2.21 bits per heavy atom. The molecule has 3 N–H and O–H groups in total. The maximum atomic E-state index is 8.72. The van der Waals surface area contributed by atoms with Crippen molar-refractivity contribution in [3.05, 3.63) is 35.4 Å². The number of rotatable bonds is 3. The number of nitrogens with two attached hydrogens (primary N) is 1. The molecule has 2 unspecified atom stereocenters. The van der Waals surface area contributed by atoms with Gasteiger partial charge >= 0.3 is 0 Å². The molecule has 1 heterocycles. The van der Waals surface area contributed by atoms with E-state index in [9.17, 15) is 0 Å². The first kappa shape index (κ1) is 13.9. The Hall–Kier alpha value is -1.55. The second kappa shape index (κ2) is 6.06. The number of benzene rings is 1. The van der Waals surface area contributed by atoms with Gasteiger partial charge in [-0.3, -0.25) is 4.90 Å². The monoisotopic (exact) mass is 261 g/mol. The van der Waals surface area contributed by atoms with E-state index < -0.39 is 0 Å². The zero-order chi connectivity index (χ0) is 13.8. The average Bonchev–Trinajstić information content (AvgIpc) is 2.42. The van der Waals surface area contributed by atoms with E-state index in [0.717, 1.165) is 37.0 Å². The summed E-state index contributed by atoms with van der Waals surface area (Å²) in [5, 5.41) is 11.8. The number of likely N-dealkylation sites (tertiary alicyclic amines) is 1. The molecule has 2 rings (SSSR count). The van der Waals surface area contributed by atoms with Crippen molar-refractivity contribution in [1.29, 1.82) is 0 Å². The molecule has 4 heteroatoms. The smallest absolute Gasteiger partial charge is 0.170 e. The van der Waals surface area contributed by atoms with Crippen LogP contribution in [0.2, 0.25) is 0 Å². The summed E-state index contributed by atoms with van der Waals surface area (Å²) < 4.78 is 0. The lowest BCUT2D eigenvalue weighted by molar-refractivity contribution is 0.132. The van der Waals surface area contributed by atoms with Crippen molar-refractivity contribution >= 4 is 5.84 Å². The molecular formula is C15H23N3O. The minimum Gasteiger partial charge on any atom is -0.409 e. The molecule has 1 aliphatic heterocycles. The number of oxime groups is 1. The van der Waals surface area contributed by atoms with Crippen molar-refractivity contribution < 1.29 is 5.21 Å². The van der Waals surface area contributed by atoms with Gasteiger partial charge in [-0.1, -0.05) is 37.2 Å². The molecule has 1 saturated heterocycles. The third-order valence-corrected chi connectivity index (χ3v) is 4.15. The lowest BCUT2D eigenvalue weighted by Gasteiger charge is -2.35. The van der Waals surface area contributed by atoms with Gasteiger partial charge in [-0.15, -0.1) is 0 Å². The van der Waals surface area contributed by atoms with E-state index in [1.807, 2.05) is 18.2 Å². The van der Waals surface area contributed by atoms with Crippen LogP contribution in [0.3, 0.4) is 0 Å². The van der Waals surface area contributed by atoms with Crippen molar-refractivity contribution in [2.24, 2.45) is 22.7 Å². The normalized spacial score (nSPS) is 25.5. The summed E-state index contributed by atoms with van der Waals surface area (Å²) >= 11 is 0. The molecule has 0 saturated carbocycles. The highest BCUT2D eigenvalue weighted by Gasteiger charge is 2.22. The first-order valence-corrected chi connectivity index (χ1v) is 6.89. The quantitative estimate of drug-likeness (QED) is 0.380. The second-order valence-corrected chi connectivity index (χ2v) is 5.66. The van der Waals surface area contributed by atoms with Crippen LogP contribution in [-0.2, 0) is 6.54 Å². The summed E-state index contributed by atoms with van der Waals surface area (Å²) in [6.45, 7) is 7.89. The van der Waals surface area contributed by atoms with Crippen LogP contribution in [0.25, 0.3) is 0 Å². The summed E-state index contributed by atoms with van der Waals surface area (Å²) in [6.07, 6.45) is 1.26. The van der Waals surface area contributed by atoms with E-state index >= 15 is 0 Å². The van der Waals surface area contributed by atoms with Crippen LogP contribution >= 0.6 is 0 Å². The van der Waals surface area contributed by atoms with Gasteiger partial charge in [-0.2, -0.15) is 0 Å². The zero-order valence-electron chi connectivity index (χ0n) is 11.7. The van der Waals surface area contributed by atoms with E-state index in [2.05, 4.69) is 30.0 Å². The summed E-state index contributed by atoms with van der Waals surface area (Å²) in [5.74, 6) is 1.74. The van der Waals surface area contributed by atoms with Gasteiger partial charge in [0.25, 0.3) is 0 Å². The van der Waals surface area contributed by atoms with Crippen molar-refractivity contribution in [2.75, 3.05) is 13.1 Å². The van der Waals surface area contributed by atoms with E-state index in [1.54, 1.807) is 0 Å². The second-order valence-electron chi connectivity index (χ2n) is 5.66. The van der Waals surface area contributed by atoms with Crippen molar-refractivity contribution in [3.8, 4) is 0 Å². The SMILES string of the molecule is CC1CCN(Cc2cccc(/C(N)=N/O)c2)CC1C. The molecule has 1 aliphatic rings. The molecule has 1 aromatic carbocycles. The molecule has 0 bridgehead atoms. The molecule has 4 nitrogen and oxygen atoms in total. The van der Waals surface area contributed by atoms with E-state index in [1.165, 1.54) is 12.0 Å². The largest absolute Gasteiger partial charge is 0.409 e. The van der Waals surface area contributed by atoms with Gasteiger partial charge in [0.1, 0.15) is 0 Å². The van der Waals surface area contributed by atoms with E-state index in [4.69, 9.17) is 10.9 Å². The summed E-state index contributed by atoms with van der Waals surface area (Å²) in [6, 6.07) is 7.91. The molecule has 1 fully saturated rings. The predicted octanol–water partition coefficient (Wildman–Crippen LogP) is 2.26. The van der Waals surface area contributed by atoms with Crippen LogP contribution in [0.5, 0.6) is 0 Å². The Balaban J connectivity index is 2.03. The molecule has 1 aromatic rings. The summed E-state index contributed by atoms with van der Waals surface area (Å²) in [4.78, 5) is 2.48. The molecule has 19 heavy (non-hydrogen) atoms. The maximum Gasteiger partial charge on any atom is 0.170 e. The minimum absolute atomic E-state index is 0.169. The number of amidine groups is 1. The van der Waals surface area contributed by atoms with E-state index in [0.29, 0.717) is 0 Å². The molecule has 0 amide bonds. The number of piperidine rings is 1. The van der Waals surface area contributed by atoms with Crippen LogP contribution in [0.1, 0.15) is 31.4 Å². The average molecular weight is 261 g/mol. The van der Waals surface area contributed by atoms with Crippen LogP contribution in [0, 0.1) is 11.8 Å². The third-order valence-electron chi connectivity index (χ3n) is 4.15. The highest BCUT2D eigenvalue weighted by atomic mass is 16.4. The van der Waals surface area contributed by atoms with Crippen LogP contribution in [-0.4, -0.2) is 29.0 Å². The van der Waals surface area contributed by atoms with Crippen molar-refractivity contribution in [3.63, 3.8) is 0 Å². The topological polar surface area (TPSA) is 61.8 Å². The maximum absolute atomic E-state index is 8.72. The van der Waals surface area contributed by atoms with Gasteiger partial charge in [0.2, 0.25) is 0 Å². The highest BCUT2D eigenvalue weighted by Crippen LogP contribution is 2.23. The Bertz CT molecular complexity index is 458. The lowest BCUT2D eigenvalue weighted by atomic mass is 9.88. The Morgan fingerprint density at radius 1 is 1.42 bits per heavy atom. The predicted molar refractivity (Wildman–Crippen MR) is 77.2 cm³/mol. The van der Waals surface area contributed by atoms with Crippen LogP contribution in [0.4, 0.5) is 0 Å². The molecule has 104 valence electrons. The standard InChI is InChI=1S/C15H23N3O/c1-11-6-7-18(9-12(11)2)10-13-4-3-5-14(8-13)15(16)17-19/h3-5,8,11-12,19H,6-7,9-10H2,1-2H3,(H2,16,17). The first-order chi connectivity index (χ1) is 9.10. The fourth-order valence-electron chi connectivity index (χ4n) is 2.64. The highest BCUT2D eigenvalue weighted by molar-refractivity contribution is 5.97. The third kappa shape index (κ3) is 3.47. The van der Waals surface area contributed by atoms with Crippen LogP contribution < -0.4 is 5.73 Å². The van der Waals surface area contributed by atoms with Gasteiger partial charge in [0, 0.05) is 18.7 Å². The van der Waals surface area contributed by atoms with Gasteiger partial charge in [-0.05, 0) is 36.4 Å². The fourth-order valence-corrected chi connectivity index (χ4v) is 2.64. The molecule has 0 aromatic heterocycles. The van der Waals surface area contributed by atoms with Crippen molar-refractivity contribution in [1.82, 2.24) is 4.90 Å². The van der Waals surface area contributed by atoms with Gasteiger partial charge in [-0.25, -0.2) is 0 Å². The molecule has 2 atom stereocenters. The number of hydrogen-bond acceptors (Lipinski definition) is 3. The lowest BCUT2D eigenvalue weighted by Crippen LogP contribution is -2.37. The van der Waals surface area contributed by atoms with Crippen molar-refractivity contribution in [2.45, 2.75) is 26.8 Å². The Kier molecular flexibility index (Phi) is 4.43. The molecule has 0 radical (unpaired) electrons. The fraction of sp³-hybridized carbons (Fsp3) is 0.533. The molecular weight excluding hydrogens is 238 g/mol.